The van der Waals surface area contributed by atoms with Gasteiger partial charge in [-0.3, -0.25) is 9.69 Å². The van der Waals surface area contributed by atoms with Gasteiger partial charge in [-0.15, -0.1) is 0 Å². The number of nitrogens with two attached hydrogens (primary N) is 1. The summed E-state index contributed by atoms with van der Waals surface area (Å²) in [7, 11) is 0. The Bertz CT molecular complexity index is 419. The van der Waals surface area contributed by atoms with Crippen LogP contribution in [0.4, 0.5) is 0 Å². The molecule has 3 N–H and O–H groups in total. The van der Waals surface area contributed by atoms with E-state index >= 15 is 0 Å². The van der Waals surface area contributed by atoms with Crippen molar-refractivity contribution in [2.24, 2.45) is 11.7 Å². The monoisotopic (exact) mass is 275 g/mol. The van der Waals surface area contributed by atoms with Crippen LogP contribution in [0.5, 0.6) is 0 Å². The number of nitrogens with one attached hydrogen (secondary N) is 1. The number of nitrogens with zero attached hydrogens (tertiary/aromatic N) is 1. The van der Waals surface area contributed by atoms with E-state index in [1.165, 1.54) is 18.4 Å². The summed E-state index contributed by atoms with van der Waals surface area (Å²) in [6.07, 6.45) is 2.38. The SMILES string of the molecule is C[C@H](N)C(=O)NC[C@@H]1CCCN(Cc2ccccc2)C1. The van der Waals surface area contributed by atoms with Gasteiger partial charge in [-0.05, 0) is 37.8 Å². The predicted octanol–water partition coefficient (Wildman–Crippen LogP) is 1.36. The quantitative estimate of drug-likeness (QED) is 0.853. The van der Waals surface area contributed by atoms with Gasteiger partial charge < -0.3 is 11.1 Å². The summed E-state index contributed by atoms with van der Waals surface area (Å²) < 4.78 is 0. The average Bonchev–Trinajstić information content (AvgIpc) is 2.46. The summed E-state index contributed by atoms with van der Waals surface area (Å²) in [6, 6.07) is 10.1. The number of piperidine rings is 1. The topological polar surface area (TPSA) is 58.4 Å². The lowest BCUT2D eigenvalue weighted by atomic mass is 9.97. The Morgan fingerprint density at radius 1 is 1.45 bits per heavy atom. The number of benzene rings is 1. The fourth-order valence-electron chi connectivity index (χ4n) is 2.71. The van der Waals surface area contributed by atoms with Crippen LogP contribution in [-0.2, 0) is 11.3 Å². The number of likely N-dealkylation sites (tertiary alicyclic amines) is 1. The van der Waals surface area contributed by atoms with Crippen molar-refractivity contribution in [2.75, 3.05) is 19.6 Å². The van der Waals surface area contributed by atoms with Gasteiger partial charge in [0.1, 0.15) is 0 Å². The van der Waals surface area contributed by atoms with Crippen molar-refractivity contribution in [2.45, 2.75) is 32.4 Å². The number of carbonyl (C=O) groups is 1. The first-order valence-electron chi connectivity index (χ1n) is 7.44. The molecule has 0 saturated carbocycles. The number of rotatable bonds is 5. The first-order chi connectivity index (χ1) is 9.65. The van der Waals surface area contributed by atoms with E-state index in [0.717, 1.165) is 26.2 Å². The Balaban J connectivity index is 1.78. The van der Waals surface area contributed by atoms with Crippen LogP contribution in [0.1, 0.15) is 25.3 Å². The van der Waals surface area contributed by atoms with Crippen LogP contribution in [0, 0.1) is 5.92 Å². The minimum absolute atomic E-state index is 0.0508. The molecule has 1 fully saturated rings. The Morgan fingerprint density at radius 2 is 2.20 bits per heavy atom. The molecule has 2 atom stereocenters. The molecule has 0 spiro atoms. The molecule has 0 aliphatic carbocycles. The number of amides is 1. The number of carbonyl (C=O) groups excluding carboxylic acids is 1. The van der Waals surface area contributed by atoms with Gasteiger partial charge in [-0.1, -0.05) is 30.3 Å². The fourth-order valence-corrected chi connectivity index (χ4v) is 2.71. The van der Waals surface area contributed by atoms with Crippen molar-refractivity contribution in [3.63, 3.8) is 0 Å². The highest BCUT2D eigenvalue weighted by molar-refractivity contribution is 5.80. The van der Waals surface area contributed by atoms with Crippen molar-refractivity contribution < 1.29 is 4.79 Å². The second-order valence-corrected chi connectivity index (χ2v) is 5.76. The Labute approximate surface area is 121 Å². The molecular weight excluding hydrogens is 250 g/mol. The van der Waals surface area contributed by atoms with E-state index in [-0.39, 0.29) is 5.91 Å². The van der Waals surface area contributed by atoms with Crippen LogP contribution < -0.4 is 11.1 Å². The van der Waals surface area contributed by atoms with Crippen LogP contribution >= 0.6 is 0 Å². The fraction of sp³-hybridized carbons (Fsp3) is 0.562. The van der Waals surface area contributed by atoms with Crippen LogP contribution in [0.15, 0.2) is 30.3 Å². The lowest BCUT2D eigenvalue weighted by molar-refractivity contribution is -0.122. The first kappa shape index (κ1) is 15.0. The second-order valence-electron chi connectivity index (χ2n) is 5.76. The molecule has 1 amide bonds. The van der Waals surface area contributed by atoms with Crippen molar-refractivity contribution in [1.29, 1.82) is 0 Å². The van der Waals surface area contributed by atoms with E-state index in [0.29, 0.717) is 5.92 Å². The molecule has 1 saturated heterocycles. The average molecular weight is 275 g/mol. The van der Waals surface area contributed by atoms with Gasteiger partial charge >= 0.3 is 0 Å². The summed E-state index contributed by atoms with van der Waals surface area (Å²) >= 11 is 0. The summed E-state index contributed by atoms with van der Waals surface area (Å²) in [6.45, 7) is 5.66. The third kappa shape index (κ3) is 4.62. The number of hydrogen-bond acceptors (Lipinski definition) is 3. The summed E-state index contributed by atoms with van der Waals surface area (Å²) in [4.78, 5) is 14.0. The highest BCUT2D eigenvalue weighted by Crippen LogP contribution is 2.18. The van der Waals surface area contributed by atoms with E-state index in [2.05, 4.69) is 34.5 Å². The maximum absolute atomic E-state index is 11.5. The second kappa shape index (κ2) is 7.41. The molecule has 1 aliphatic heterocycles. The standard InChI is InChI=1S/C16H25N3O/c1-13(17)16(20)18-10-15-8-5-9-19(12-15)11-14-6-3-2-4-7-14/h2-4,6-7,13,15H,5,8-12,17H2,1H3,(H,18,20)/t13-,15-/m0/s1. The van der Waals surface area contributed by atoms with Gasteiger partial charge in [0.15, 0.2) is 0 Å². The van der Waals surface area contributed by atoms with Crippen LogP contribution in [0.3, 0.4) is 0 Å². The van der Waals surface area contributed by atoms with Crippen molar-refractivity contribution >= 4 is 5.91 Å². The third-order valence-electron chi connectivity index (χ3n) is 3.83. The van der Waals surface area contributed by atoms with E-state index in [1.807, 2.05) is 6.07 Å². The predicted molar refractivity (Wildman–Crippen MR) is 81.1 cm³/mol. The van der Waals surface area contributed by atoms with Gasteiger partial charge in [0.2, 0.25) is 5.91 Å². The zero-order chi connectivity index (χ0) is 14.4. The van der Waals surface area contributed by atoms with E-state index in [1.54, 1.807) is 6.92 Å². The summed E-state index contributed by atoms with van der Waals surface area (Å²) in [5.41, 5.74) is 6.91. The van der Waals surface area contributed by atoms with Crippen LogP contribution in [0.2, 0.25) is 0 Å². The van der Waals surface area contributed by atoms with Crippen LogP contribution in [0.25, 0.3) is 0 Å². The summed E-state index contributed by atoms with van der Waals surface area (Å²) in [5.74, 6) is 0.486. The first-order valence-corrected chi connectivity index (χ1v) is 7.44. The van der Waals surface area contributed by atoms with Gasteiger partial charge in [-0.2, -0.15) is 0 Å². The highest BCUT2D eigenvalue weighted by Gasteiger charge is 2.20. The molecule has 0 aromatic heterocycles. The van der Waals surface area contributed by atoms with Gasteiger partial charge in [0.05, 0.1) is 6.04 Å². The normalized spacial score (nSPS) is 21.4. The largest absolute Gasteiger partial charge is 0.354 e. The molecule has 1 aliphatic rings. The van der Waals surface area contributed by atoms with Gasteiger partial charge in [0, 0.05) is 19.6 Å². The Kier molecular flexibility index (Phi) is 5.56. The lowest BCUT2D eigenvalue weighted by Gasteiger charge is -2.33. The molecule has 0 radical (unpaired) electrons. The molecule has 0 bridgehead atoms. The van der Waals surface area contributed by atoms with Crippen LogP contribution in [-0.4, -0.2) is 36.5 Å². The molecule has 4 heteroatoms. The van der Waals surface area contributed by atoms with Crippen molar-refractivity contribution in [1.82, 2.24) is 10.2 Å². The smallest absolute Gasteiger partial charge is 0.236 e. The third-order valence-corrected chi connectivity index (χ3v) is 3.83. The molecule has 1 aromatic rings. The molecule has 2 rings (SSSR count). The molecule has 4 nitrogen and oxygen atoms in total. The Hall–Kier alpha value is -1.39. The molecular formula is C16H25N3O. The van der Waals surface area contributed by atoms with Gasteiger partial charge in [-0.25, -0.2) is 0 Å². The molecule has 0 unspecified atom stereocenters. The highest BCUT2D eigenvalue weighted by atomic mass is 16.2. The minimum Gasteiger partial charge on any atom is -0.354 e. The molecule has 110 valence electrons. The summed E-state index contributed by atoms with van der Waals surface area (Å²) in [5, 5.41) is 2.95. The van der Waals surface area contributed by atoms with E-state index < -0.39 is 6.04 Å². The zero-order valence-electron chi connectivity index (χ0n) is 12.2. The molecule has 1 heterocycles. The van der Waals surface area contributed by atoms with E-state index in [4.69, 9.17) is 5.73 Å². The lowest BCUT2D eigenvalue weighted by Crippen LogP contribution is -2.44. The maximum Gasteiger partial charge on any atom is 0.236 e. The van der Waals surface area contributed by atoms with E-state index in [9.17, 15) is 4.79 Å². The zero-order valence-corrected chi connectivity index (χ0v) is 12.2. The number of hydrogen-bond donors (Lipinski definition) is 2. The van der Waals surface area contributed by atoms with Crippen molar-refractivity contribution in [3.05, 3.63) is 35.9 Å². The Morgan fingerprint density at radius 3 is 2.90 bits per heavy atom. The van der Waals surface area contributed by atoms with Gasteiger partial charge in [0.25, 0.3) is 0 Å². The molecule has 20 heavy (non-hydrogen) atoms. The maximum atomic E-state index is 11.5. The molecule has 1 aromatic carbocycles. The minimum atomic E-state index is -0.418. The van der Waals surface area contributed by atoms with Crippen molar-refractivity contribution in [3.8, 4) is 0 Å².